The Kier molecular flexibility index (Phi) is 5.97. The topological polar surface area (TPSA) is 37.9 Å². The van der Waals surface area contributed by atoms with Gasteiger partial charge in [0.05, 0.1) is 49.5 Å². The van der Waals surface area contributed by atoms with Crippen LogP contribution in [-0.4, -0.2) is 47.2 Å². The van der Waals surface area contributed by atoms with Crippen molar-refractivity contribution in [2.24, 2.45) is 5.10 Å². The Balaban J connectivity index is 1.39. The molecule has 6 heteroatoms. The molecule has 0 unspecified atom stereocenters. The number of rotatable bonds is 5. The molecule has 1 N–H and O–H groups in total. The Morgan fingerprint density at radius 3 is 2.45 bits per heavy atom. The molecule has 1 aliphatic heterocycles. The summed E-state index contributed by atoms with van der Waals surface area (Å²) in [6, 6.07) is 18.4. The first-order chi connectivity index (χ1) is 14.1. The van der Waals surface area contributed by atoms with Crippen molar-refractivity contribution in [2.75, 3.05) is 26.2 Å². The number of halogens is 1. The van der Waals surface area contributed by atoms with Gasteiger partial charge in [0.25, 0.3) is 0 Å². The predicted octanol–water partition coefficient (Wildman–Crippen LogP) is 2.88. The molecule has 0 saturated carbocycles. The molecule has 1 saturated heterocycles. The van der Waals surface area contributed by atoms with E-state index in [1.807, 2.05) is 48.2 Å². The van der Waals surface area contributed by atoms with Crippen LogP contribution in [-0.2, 0) is 6.54 Å². The van der Waals surface area contributed by atoms with Crippen molar-refractivity contribution in [3.05, 3.63) is 82.1 Å². The van der Waals surface area contributed by atoms with Gasteiger partial charge in [-0.2, -0.15) is 10.2 Å². The van der Waals surface area contributed by atoms with Crippen molar-refractivity contribution in [1.82, 2.24) is 14.8 Å². The summed E-state index contributed by atoms with van der Waals surface area (Å²) in [7, 11) is 0. The third-order valence-corrected chi connectivity index (χ3v) is 5.91. The Hall–Kier alpha value is -2.63. The van der Waals surface area contributed by atoms with E-state index < -0.39 is 0 Å². The van der Waals surface area contributed by atoms with E-state index >= 15 is 0 Å². The zero-order chi connectivity index (χ0) is 20.2. The summed E-state index contributed by atoms with van der Waals surface area (Å²) in [4.78, 5) is 1.55. The third kappa shape index (κ3) is 4.52. The smallest absolute Gasteiger partial charge is 0.104 e. The number of nitrogens with zero attached hydrogens (tertiary/aromatic N) is 4. The molecule has 5 nitrogen and oxygen atoms in total. The summed E-state index contributed by atoms with van der Waals surface area (Å²) in [6.07, 6.45) is 1.97. The van der Waals surface area contributed by atoms with Crippen molar-refractivity contribution < 1.29 is 4.90 Å². The molecule has 1 fully saturated rings. The first-order valence-electron chi connectivity index (χ1n) is 10.1. The van der Waals surface area contributed by atoms with Crippen LogP contribution in [0.25, 0.3) is 5.69 Å². The van der Waals surface area contributed by atoms with Crippen LogP contribution in [0.2, 0.25) is 5.02 Å². The molecule has 2 aromatic carbocycles. The van der Waals surface area contributed by atoms with Gasteiger partial charge in [-0.05, 0) is 32.0 Å². The first kappa shape index (κ1) is 19.7. The molecule has 29 heavy (non-hydrogen) atoms. The number of aryl methyl sites for hydroxylation is 1. The molecule has 150 valence electrons. The minimum absolute atomic E-state index is 0.863. The predicted molar refractivity (Wildman–Crippen MR) is 118 cm³/mol. The molecule has 0 aliphatic carbocycles. The zero-order valence-electron chi connectivity index (χ0n) is 17.0. The lowest BCUT2D eigenvalue weighted by Crippen LogP contribution is -3.13. The van der Waals surface area contributed by atoms with E-state index in [-0.39, 0.29) is 0 Å². The van der Waals surface area contributed by atoms with Gasteiger partial charge in [-0.25, -0.2) is 4.68 Å². The van der Waals surface area contributed by atoms with Crippen molar-refractivity contribution >= 4 is 17.8 Å². The van der Waals surface area contributed by atoms with E-state index in [0.29, 0.717) is 0 Å². The number of quaternary nitrogens is 1. The molecule has 1 aromatic heterocycles. The second-order valence-electron chi connectivity index (χ2n) is 7.55. The molecule has 3 aromatic rings. The molecular formula is C23H27ClN5+. The maximum atomic E-state index is 6.31. The summed E-state index contributed by atoms with van der Waals surface area (Å²) in [5.41, 5.74) is 5.50. The third-order valence-electron chi connectivity index (χ3n) is 5.54. The molecular weight excluding hydrogens is 382 g/mol. The highest BCUT2D eigenvalue weighted by molar-refractivity contribution is 6.31. The second-order valence-corrected chi connectivity index (χ2v) is 7.96. The van der Waals surface area contributed by atoms with E-state index in [0.717, 1.165) is 60.4 Å². The van der Waals surface area contributed by atoms with Gasteiger partial charge in [0, 0.05) is 16.1 Å². The standard InChI is InChI=1S/C23H26ClN5/c1-18-22(19(2)29(26-18)21-9-4-3-5-10-21)16-25-28-14-12-27(13-15-28)17-20-8-6-7-11-23(20)24/h3-11,16H,12-15,17H2,1-2H3/p+1/b25-16-. The van der Waals surface area contributed by atoms with Crippen molar-refractivity contribution in [1.29, 1.82) is 0 Å². The average Bonchev–Trinajstić information content (AvgIpc) is 3.03. The summed E-state index contributed by atoms with van der Waals surface area (Å²) < 4.78 is 1.99. The Morgan fingerprint density at radius 1 is 1.03 bits per heavy atom. The maximum Gasteiger partial charge on any atom is 0.104 e. The van der Waals surface area contributed by atoms with Crippen LogP contribution in [0.15, 0.2) is 59.7 Å². The fourth-order valence-electron chi connectivity index (χ4n) is 3.82. The van der Waals surface area contributed by atoms with Gasteiger partial charge in [0.15, 0.2) is 0 Å². The molecule has 0 spiro atoms. The van der Waals surface area contributed by atoms with Gasteiger partial charge in [-0.1, -0.05) is 48.0 Å². The number of hydrogen-bond donors (Lipinski definition) is 1. The van der Waals surface area contributed by atoms with Gasteiger partial charge >= 0.3 is 0 Å². The van der Waals surface area contributed by atoms with E-state index in [1.165, 1.54) is 5.56 Å². The monoisotopic (exact) mass is 408 g/mol. The van der Waals surface area contributed by atoms with Crippen LogP contribution < -0.4 is 4.90 Å². The molecule has 2 heterocycles. The van der Waals surface area contributed by atoms with E-state index in [2.05, 4.69) is 36.2 Å². The number of aromatic nitrogens is 2. The zero-order valence-corrected chi connectivity index (χ0v) is 17.7. The maximum absolute atomic E-state index is 6.31. The van der Waals surface area contributed by atoms with Gasteiger partial charge in [0.1, 0.15) is 6.54 Å². The van der Waals surface area contributed by atoms with Gasteiger partial charge in [-0.15, -0.1) is 0 Å². The minimum Gasteiger partial charge on any atom is -0.328 e. The lowest BCUT2D eigenvalue weighted by atomic mass is 10.2. The summed E-state index contributed by atoms with van der Waals surface area (Å²) in [5, 5.41) is 12.5. The van der Waals surface area contributed by atoms with Crippen LogP contribution in [0.3, 0.4) is 0 Å². The van der Waals surface area contributed by atoms with Crippen LogP contribution in [0.4, 0.5) is 0 Å². The molecule has 0 bridgehead atoms. The van der Waals surface area contributed by atoms with Crippen molar-refractivity contribution in [3.63, 3.8) is 0 Å². The summed E-state index contributed by atoms with van der Waals surface area (Å²) in [5.74, 6) is 0. The number of nitrogens with one attached hydrogen (secondary N) is 1. The van der Waals surface area contributed by atoms with Gasteiger partial charge in [-0.3, -0.25) is 5.01 Å². The molecule has 4 rings (SSSR count). The number of para-hydroxylation sites is 1. The van der Waals surface area contributed by atoms with E-state index in [1.54, 1.807) is 4.90 Å². The SMILES string of the molecule is Cc1nn(-c2ccccc2)c(C)c1/C=N\N1CC[NH+](Cc2ccccc2Cl)CC1. The fraction of sp³-hybridized carbons (Fsp3) is 0.304. The van der Waals surface area contributed by atoms with Crippen LogP contribution in [0, 0.1) is 13.8 Å². The summed E-state index contributed by atoms with van der Waals surface area (Å²) in [6.45, 7) is 9.12. The molecule has 0 amide bonds. The average molecular weight is 409 g/mol. The Bertz CT molecular complexity index is 988. The van der Waals surface area contributed by atoms with E-state index in [9.17, 15) is 0 Å². The molecule has 0 radical (unpaired) electrons. The number of piperazine rings is 1. The quantitative estimate of drug-likeness (QED) is 0.659. The fourth-order valence-corrected chi connectivity index (χ4v) is 4.02. The lowest BCUT2D eigenvalue weighted by molar-refractivity contribution is -0.918. The number of hydrogen-bond acceptors (Lipinski definition) is 3. The first-order valence-corrected chi connectivity index (χ1v) is 10.5. The highest BCUT2D eigenvalue weighted by Gasteiger charge is 2.20. The highest BCUT2D eigenvalue weighted by atomic mass is 35.5. The molecule has 0 atom stereocenters. The molecule has 1 aliphatic rings. The second kappa shape index (κ2) is 8.80. The number of hydrazone groups is 1. The van der Waals surface area contributed by atoms with Crippen molar-refractivity contribution in [2.45, 2.75) is 20.4 Å². The van der Waals surface area contributed by atoms with Crippen LogP contribution in [0.5, 0.6) is 0 Å². The number of benzene rings is 2. The highest BCUT2D eigenvalue weighted by Crippen LogP contribution is 2.16. The lowest BCUT2D eigenvalue weighted by Gasteiger charge is -2.30. The van der Waals surface area contributed by atoms with Gasteiger partial charge in [0.2, 0.25) is 0 Å². The van der Waals surface area contributed by atoms with Crippen molar-refractivity contribution in [3.8, 4) is 5.69 Å². The van der Waals surface area contributed by atoms with Gasteiger partial charge < -0.3 is 4.90 Å². The summed E-state index contributed by atoms with van der Waals surface area (Å²) >= 11 is 6.31. The van der Waals surface area contributed by atoms with E-state index in [4.69, 9.17) is 21.8 Å². The normalized spacial score (nSPS) is 15.3. The van der Waals surface area contributed by atoms with Crippen LogP contribution in [0.1, 0.15) is 22.5 Å². The minimum atomic E-state index is 0.863. The Morgan fingerprint density at radius 2 is 1.72 bits per heavy atom. The van der Waals surface area contributed by atoms with Crippen LogP contribution >= 0.6 is 11.6 Å². The Labute approximate surface area is 177 Å². The largest absolute Gasteiger partial charge is 0.328 e.